The molecule has 2 heterocycles. The summed E-state index contributed by atoms with van der Waals surface area (Å²) in [5.74, 6) is 0.888. The minimum Gasteiger partial charge on any atom is -0.497 e. The largest absolute Gasteiger partial charge is 0.497 e. The van der Waals surface area contributed by atoms with E-state index in [9.17, 15) is 4.79 Å². The lowest BCUT2D eigenvalue weighted by Gasteiger charge is -2.33. The molecule has 1 aliphatic heterocycles. The van der Waals surface area contributed by atoms with E-state index in [1.54, 1.807) is 19.4 Å². The normalized spacial score (nSPS) is 16.8. The predicted molar refractivity (Wildman–Crippen MR) is 113 cm³/mol. The molecule has 1 amide bonds. The molecule has 0 radical (unpaired) electrons. The second kappa shape index (κ2) is 8.62. The lowest BCUT2D eigenvalue weighted by atomic mass is 10.0. The van der Waals surface area contributed by atoms with Gasteiger partial charge in [0.2, 0.25) is 0 Å². The molecule has 29 heavy (non-hydrogen) atoms. The summed E-state index contributed by atoms with van der Waals surface area (Å²) < 4.78 is 11.3. The van der Waals surface area contributed by atoms with Gasteiger partial charge in [0, 0.05) is 24.0 Å². The van der Waals surface area contributed by atoms with Gasteiger partial charge in [-0.1, -0.05) is 31.5 Å². The molecule has 5 heteroatoms. The zero-order valence-electron chi connectivity index (χ0n) is 16.9. The molecule has 1 saturated heterocycles. The van der Waals surface area contributed by atoms with Crippen LogP contribution in [0.5, 0.6) is 5.75 Å². The number of aromatic nitrogens is 1. The Labute approximate surface area is 171 Å². The van der Waals surface area contributed by atoms with Gasteiger partial charge in [0.15, 0.2) is 0 Å². The summed E-state index contributed by atoms with van der Waals surface area (Å²) >= 11 is 0. The number of aryl methyl sites for hydroxylation is 1. The van der Waals surface area contributed by atoms with Crippen LogP contribution in [0.2, 0.25) is 0 Å². The number of hydrogen-bond donors (Lipinski definition) is 0. The molecule has 4 rings (SSSR count). The molecule has 3 aromatic rings. The first kappa shape index (κ1) is 19.4. The molecule has 1 aliphatic rings. The molecule has 150 valence electrons. The number of carbonyl (C=O) groups is 1. The van der Waals surface area contributed by atoms with E-state index >= 15 is 0 Å². The standard InChI is InChI=1S/C24H26N2O3/c1-3-4-21-14-20(9-10-25-21)24(27)26-11-12-29-23(16-26)19-6-5-18-15-22(28-2)8-7-17(18)13-19/h5-10,13-15,23H,3-4,11-12,16H2,1-2H3/t23-/m0/s1. The topological polar surface area (TPSA) is 51.7 Å². The highest BCUT2D eigenvalue weighted by atomic mass is 16.5. The van der Waals surface area contributed by atoms with E-state index in [1.807, 2.05) is 23.1 Å². The smallest absolute Gasteiger partial charge is 0.254 e. The number of morpholine rings is 1. The number of carbonyl (C=O) groups excluding carboxylic acids is 1. The summed E-state index contributed by atoms with van der Waals surface area (Å²) in [5, 5.41) is 2.26. The van der Waals surface area contributed by atoms with Crippen molar-refractivity contribution in [3.63, 3.8) is 0 Å². The Hall–Kier alpha value is -2.92. The van der Waals surface area contributed by atoms with Gasteiger partial charge in [0.05, 0.1) is 20.3 Å². The third-order valence-electron chi connectivity index (χ3n) is 5.37. The van der Waals surface area contributed by atoms with Crippen molar-refractivity contribution in [1.29, 1.82) is 0 Å². The van der Waals surface area contributed by atoms with Crippen molar-refractivity contribution in [2.24, 2.45) is 0 Å². The Balaban J connectivity index is 1.52. The second-order valence-corrected chi connectivity index (χ2v) is 7.37. The Kier molecular flexibility index (Phi) is 5.76. The highest BCUT2D eigenvalue weighted by molar-refractivity contribution is 5.94. The van der Waals surface area contributed by atoms with Crippen molar-refractivity contribution in [1.82, 2.24) is 9.88 Å². The maximum atomic E-state index is 13.0. The number of nitrogens with zero attached hydrogens (tertiary/aromatic N) is 2. The van der Waals surface area contributed by atoms with Crippen molar-refractivity contribution in [2.75, 3.05) is 26.8 Å². The van der Waals surface area contributed by atoms with Crippen LogP contribution in [-0.4, -0.2) is 42.6 Å². The predicted octanol–water partition coefficient (Wildman–Crippen LogP) is 4.41. The molecule has 2 aromatic carbocycles. The summed E-state index contributed by atoms with van der Waals surface area (Å²) in [7, 11) is 1.67. The first-order valence-electron chi connectivity index (χ1n) is 10.1. The highest BCUT2D eigenvalue weighted by Crippen LogP contribution is 2.28. The maximum Gasteiger partial charge on any atom is 0.254 e. The van der Waals surface area contributed by atoms with Crippen LogP contribution >= 0.6 is 0 Å². The maximum absolute atomic E-state index is 13.0. The van der Waals surface area contributed by atoms with Gasteiger partial charge >= 0.3 is 0 Å². The van der Waals surface area contributed by atoms with Crippen LogP contribution in [0.3, 0.4) is 0 Å². The number of methoxy groups -OCH3 is 1. The van der Waals surface area contributed by atoms with E-state index in [0.29, 0.717) is 25.3 Å². The van der Waals surface area contributed by atoms with Gasteiger partial charge < -0.3 is 14.4 Å². The van der Waals surface area contributed by atoms with Crippen LogP contribution in [0.4, 0.5) is 0 Å². The van der Waals surface area contributed by atoms with Crippen molar-refractivity contribution in [3.05, 3.63) is 71.5 Å². The van der Waals surface area contributed by atoms with Gasteiger partial charge in [-0.25, -0.2) is 0 Å². The molecule has 1 atom stereocenters. The van der Waals surface area contributed by atoms with E-state index in [1.165, 1.54) is 0 Å². The van der Waals surface area contributed by atoms with Gasteiger partial charge in [-0.15, -0.1) is 0 Å². The van der Waals surface area contributed by atoms with E-state index in [4.69, 9.17) is 9.47 Å². The highest BCUT2D eigenvalue weighted by Gasteiger charge is 2.26. The Morgan fingerprint density at radius 2 is 2.00 bits per heavy atom. The molecular formula is C24H26N2O3. The summed E-state index contributed by atoms with van der Waals surface area (Å²) in [4.78, 5) is 19.3. The van der Waals surface area contributed by atoms with Crippen LogP contribution in [0, 0.1) is 0 Å². The molecule has 1 aromatic heterocycles. The number of fused-ring (bicyclic) bond motifs is 1. The van der Waals surface area contributed by atoms with Crippen molar-refractivity contribution >= 4 is 16.7 Å². The molecule has 0 spiro atoms. The van der Waals surface area contributed by atoms with Crippen molar-refractivity contribution in [2.45, 2.75) is 25.9 Å². The fraction of sp³-hybridized carbons (Fsp3) is 0.333. The van der Waals surface area contributed by atoms with Crippen LogP contribution in [0.15, 0.2) is 54.7 Å². The van der Waals surface area contributed by atoms with E-state index in [-0.39, 0.29) is 12.0 Å². The number of pyridine rings is 1. The Morgan fingerprint density at radius 1 is 1.17 bits per heavy atom. The minimum atomic E-state index is -0.129. The molecule has 0 aliphatic carbocycles. The Morgan fingerprint density at radius 3 is 2.83 bits per heavy atom. The summed E-state index contributed by atoms with van der Waals surface area (Å²) in [5.41, 5.74) is 2.75. The zero-order chi connectivity index (χ0) is 20.2. The van der Waals surface area contributed by atoms with Crippen LogP contribution in [0.1, 0.15) is 41.1 Å². The average Bonchev–Trinajstić information content (AvgIpc) is 2.78. The number of benzene rings is 2. The number of amides is 1. The van der Waals surface area contributed by atoms with Gasteiger partial charge in [-0.3, -0.25) is 9.78 Å². The fourth-order valence-electron chi connectivity index (χ4n) is 3.79. The summed E-state index contributed by atoms with van der Waals surface area (Å²) in [6, 6.07) is 16.0. The lowest BCUT2D eigenvalue weighted by molar-refractivity contribution is -0.0227. The van der Waals surface area contributed by atoms with Crippen molar-refractivity contribution < 1.29 is 14.3 Å². The monoisotopic (exact) mass is 390 g/mol. The summed E-state index contributed by atoms with van der Waals surface area (Å²) in [6.45, 7) is 3.80. The molecule has 0 saturated carbocycles. The molecule has 0 N–H and O–H groups in total. The zero-order valence-corrected chi connectivity index (χ0v) is 16.9. The summed E-state index contributed by atoms with van der Waals surface area (Å²) in [6.07, 6.45) is 3.50. The minimum absolute atomic E-state index is 0.0450. The van der Waals surface area contributed by atoms with Crippen molar-refractivity contribution in [3.8, 4) is 5.75 Å². The molecule has 0 bridgehead atoms. The first-order chi connectivity index (χ1) is 14.2. The first-order valence-corrected chi connectivity index (χ1v) is 10.1. The van der Waals surface area contributed by atoms with E-state index < -0.39 is 0 Å². The van der Waals surface area contributed by atoms with Gasteiger partial charge in [0.1, 0.15) is 11.9 Å². The number of ether oxygens (including phenoxy) is 2. The third-order valence-corrected chi connectivity index (χ3v) is 5.37. The third kappa shape index (κ3) is 4.25. The molecule has 0 unspecified atom stereocenters. The van der Waals surface area contributed by atoms with E-state index in [2.05, 4.69) is 36.2 Å². The van der Waals surface area contributed by atoms with Crippen LogP contribution in [-0.2, 0) is 11.2 Å². The quantitative estimate of drug-likeness (QED) is 0.648. The second-order valence-electron chi connectivity index (χ2n) is 7.37. The average molecular weight is 390 g/mol. The lowest BCUT2D eigenvalue weighted by Crippen LogP contribution is -2.42. The van der Waals surface area contributed by atoms with Crippen LogP contribution < -0.4 is 4.74 Å². The van der Waals surface area contributed by atoms with Gasteiger partial charge in [-0.05, 0) is 53.1 Å². The number of hydrogen-bond acceptors (Lipinski definition) is 4. The van der Waals surface area contributed by atoms with Gasteiger partial charge in [-0.2, -0.15) is 0 Å². The fourth-order valence-corrected chi connectivity index (χ4v) is 3.79. The van der Waals surface area contributed by atoms with Gasteiger partial charge in [0.25, 0.3) is 5.91 Å². The molecule has 1 fully saturated rings. The molecule has 5 nitrogen and oxygen atoms in total. The van der Waals surface area contributed by atoms with E-state index in [0.717, 1.165) is 40.6 Å². The SMILES string of the molecule is CCCc1cc(C(=O)N2CCO[C@H](c3ccc4cc(OC)ccc4c3)C2)ccn1. The molecular weight excluding hydrogens is 364 g/mol. The number of rotatable bonds is 5. The van der Waals surface area contributed by atoms with Crippen LogP contribution in [0.25, 0.3) is 10.8 Å². The Bertz CT molecular complexity index is 1020.